The van der Waals surface area contributed by atoms with Gasteiger partial charge in [-0.1, -0.05) is 12.1 Å². The standard InChI is InChI=1S/C18H23NO4/c1-20-15-8-6-5-7-13(15)11-19-12-14-9-10-16(21-2)18(23-4)17(14)22-3/h5-10,19H,11-12H2,1-4H3/p+1. The second-order valence-electron chi connectivity index (χ2n) is 5.00. The molecule has 0 spiro atoms. The zero-order chi connectivity index (χ0) is 16.7. The largest absolute Gasteiger partial charge is 0.496 e. The number of ether oxygens (including phenoxy) is 4. The van der Waals surface area contributed by atoms with Gasteiger partial charge in [-0.25, -0.2) is 0 Å². The molecule has 0 aromatic heterocycles. The van der Waals surface area contributed by atoms with Crippen LogP contribution in [0.4, 0.5) is 0 Å². The van der Waals surface area contributed by atoms with Gasteiger partial charge in [0.25, 0.3) is 0 Å². The lowest BCUT2D eigenvalue weighted by Gasteiger charge is -2.15. The molecule has 0 aliphatic heterocycles. The van der Waals surface area contributed by atoms with E-state index in [2.05, 4.69) is 11.4 Å². The van der Waals surface area contributed by atoms with Gasteiger partial charge in [-0.3, -0.25) is 0 Å². The highest BCUT2D eigenvalue weighted by Gasteiger charge is 2.16. The summed E-state index contributed by atoms with van der Waals surface area (Å²) in [5.41, 5.74) is 2.22. The molecule has 0 radical (unpaired) electrons. The Morgan fingerprint density at radius 3 is 1.96 bits per heavy atom. The van der Waals surface area contributed by atoms with Crippen molar-refractivity contribution in [2.75, 3.05) is 28.4 Å². The highest BCUT2D eigenvalue weighted by Crippen LogP contribution is 2.39. The maximum atomic E-state index is 5.51. The molecule has 124 valence electrons. The molecular formula is C18H24NO4+. The Balaban J connectivity index is 2.11. The summed E-state index contributed by atoms with van der Waals surface area (Å²) in [6, 6.07) is 11.9. The van der Waals surface area contributed by atoms with Crippen LogP contribution >= 0.6 is 0 Å². The fourth-order valence-corrected chi connectivity index (χ4v) is 2.58. The Kier molecular flexibility index (Phi) is 6.11. The topological polar surface area (TPSA) is 53.5 Å². The molecule has 5 nitrogen and oxygen atoms in total. The van der Waals surface area contributed by atoms with Crippen molar-refractivity contribution in [2.24, 2.45) is 0 Å². The summed E-state index contributed by atoms with van der Waals surface area (Å²) in [5, 5.41) is 2.20. The number of methoxy groups -OCH3 is 4. The number of hydrogen-bond acceptors (Lipinski definition) is 4. The summed E-state index contributed by atoms with van der Waals surface area (Å²) in [6.45, 7) is 1.59. The van der Waals surface area contributed by atoms with E-state index < -0.39 is 0 Å². The summed E-state index contributed by atoms with van der Waals surface area (Å²) >= 11 is 0. The van der Waals surface area contributed by atoms with Crippen molar-refractivity contribution in [3.8, 4) is 23.0 Å². The average molecular weight is 318 g/mol. The molecule has 0 bridgehead atoms. The number of quaternary nitrogens is 1. The Morgan fingerprint density at radius 1 is 0.652 bits per heavy atom. The fourth-order valence-electron chi connectivity index (χ4n) is 2.58. The van der Waals surface area contributed by atoms with Gasteiger partial charge < -0.3 is 24.3 Å². The highest BCUT2D eigenvalue weighted by molar-refractivity contribution is 5.55. The molecule has 5 heteroatoms. The molecule has 0 amide bonds. The van der Waals surface area contributed by atoms with E-state index in [1.54, 1.807) is 28.4 Å². The van der Waals surface area contributed by atoms with E-state index in [0.717, 1.165) is 30.0 Å². The van der Waals surface area contributed by atoms with Crippen molar-refractivity contribution in [3.63, 3.8) is 0 Å². The van der Waals surface area contributed by atoms with Gasteiger partial charge in [0.2, 0.25) is 5.75 Å². The van der Waals surface area contributed by atoms with E-state index in [4.69, 9.17) is 18.9 Å². The minimum atomic E-state index is 0.623. The fraction of sp³-hybridized carbons (Fsp3) is 0.333. The third kappa shape index (κ3) is 3.87. The van der Waals surface area contributed by atoms with Crippen LogP contribution in [0.25, 0.3) is 0 Å². The van der Waals surface area contributed by atoms with E-state index in [-0.39, 0.29) is 0 Å². The van der Waals surface area contributed by atoms with E-state index in [1.807, 2.05) is 30.3 Å². The van der Waals surface area contributed by atoms with Gasteiger partial charge in [-0.2, -0.15) is 0 Å². The van der Waals surface area contributed by atoms with Gasteiger partial charge in [-0.05, 0) is 24.3 Å². The Bertz CT molecular complexity index is 643. The van der Waals surface area contributed by atoms with Crippen molar-refractivity contribution >= 4 is 0 Å². The maximum absolute atomic E-state index is 5.51. The lowest BCUT2D eigenvalue weighted by Crippen LogP contribution is -2.80. The van der Waals surface area contributed by atoms with Crippen molar-refractivity contribution in [2.45, 2.75) is 13.1 Å². The van der Waals surface area contributed by atoms with Gasteiger partial charge in [0.15, 0.2) is 11.5 Å². The third-order valence-electron chi connectivity index (χ3n) is 3.71. The maximum Gasteiger partial charge on any atom is 0.203 e. The van der Waals surface area contributed by atoms with Gasteiger partial charge in [0, 0.05) is 5.56 Å². The van der Waals surface area contributed by atoms with Gasteiger partial charge in [-0.15, -0.1) is 0 Å². The minimum Gasteiger partial charge on any atom is -0.496 e. The predicted octanol–water partition coefficient (Wildman–Crippen LogP) is 1.98. The summed E-state index contributed by atoms with van der Waals surface area (Å²) in [7, 11) is 6.56. The molecule has 0 fully saturated rings. The predicted molar refractivity (Wildman–Crippen MR) is 88.4 cm³/mol. The Labute approximate surface area is 137 Å². The number of hydrogen-bond donors (Lipinski definition) is 1. The van der Waals surface area contributed by atoms with E-state index in [1.165, 1.54) is 0 Å². The van der Waals surface area contributed by atoms with Crippen LogP contribution in [-0.2, 0) is 13.1 Å². The molecular weight excluding hydrogens is 294 g/mol. The second kappa shape index (κ2) is 8.29. The third-order valence-corrected chi connectivity index (χ3v) is 3.71. The summed E-state index contributed by atoms with van der Waals surface area (Å²) in [5.74, 6) is 2.90. The first kappa shape index (κ1) is 17.0. The van der Waals surface area contributed by atoms with E-state index >= 15 is 0 Å². The van der Waals surface area contributed by atoms with Crippen molar-refractivity contribution in [3.05, 3.63) is 47.5 Å². The lowest BCUT2D eigenvalue weighted by molar-refractivity contribution is -0.686. The van der Waals surface area contributed by atoms with Gasteiger partial charge in [0.05, 0.1) is 34.0 Å². The summed E-state index contributed by atoms with van der Waals surface area (Å²) in [4.78, 5) is 0. The first-order chi connectivity index (χ1) is 11.2. The Morgan fingerprint density at radius 2 is 1.30 bits per heavy atom. The van der Waals surface area contributed by atoms with Crippen LogP contribution in [0.1, 0.15) is 11.1 Å². The van der Waals surface area contributed by atoms with Crippen LogP contribution in [0, 0.1) is 0 Å². The Hall–Kier alpha value is -2.40. The van der Waals surface area contributed by atoms with Crippen LogP contribution in [0.2, 0.25) is 0 Å². The molecule has 0 saturated heterocycles. The van der Waals surface area contributed by atoms with Crippen molar-refractivity contribution in [1.82, 2.24) is 0 Å². The van der Waals surface area contributed by atoms with E-state index in [9.17, 15) is 0 Å². The molecule has 0 unspecified atom stereocenters. The van der Waals surface area contributed by atoms with E-state index in [0.29, 0.717) is 17.2 Å². The molecule has 0 atom stereocenters. The van der Waals surface area contributed by atoms with Crippen LogP contribution in [-0.4, -0.2) is 28.4 Å². The van der Waals surface area contributed by atoms with Crippen LogP contribution in [0.3, 0.4) is 0 Å². The number of rotatable bonds is 8. The molecule has 23 heavy (non-hydrogen) atoms. The molecule has 0 heterocycles. The number of benzene rings is 2. The lowest BCUT2D eigenvalue weighted by atomic mass is 10.1. The van der Waals surface area contributed by atoms with Crippen molar-refractivity contribution in [1.29, 1.82) is 0 Å². The molecule has 0 saturated carbocycles. The van der Waals surface area contributed by atoms with Gasteiger partial charge >= 0.3 is 0 Å². The zero-order valence-electron chi connectivity index (χ0n) is 14.1. The molecule has 0 aliphatic rings. The minimum absolute atomic E-state index is 0.623. The van der Waals surface area contributed by atoms with Crippen LogP contribution < -0.4 is 24.3 Å². The average Bonchev–Trinajstić information content (AvgIpc) is 2.61. The van der Waals surface area contributed by atoms with Crippen LogP contribution in [0.5, 0.6) is 23.0 Å². The van der Waals surface area contributed by atoms with Gasteiger partial charge in [0.1, 0.15) is 18.8 Å². The number of nitrogens with two attached hydrogens (primary N) is 1. The molecule has 2 aromatic carbocycles. The molecule has 2 rings (SSSR count). The molecule has 0 aliphatic carbocycles. The quantitative estimate of drug-likeness (QED) is 0.809. The number of para-hydroxylation sites is 1. The van der Waals surface area contributed by atoms with Crippen LogP contribution in [0.15, 0.2) is 36.4 Å². The summed E-state index contributed by atoms with van der Waals surface area (Å²) < 4.78 is 21.6. The molecule has 2 aromatic rings. The normalized spacial score (nSPS) is 10.3. The molecule has 2 N–H and O–H groups in total. The second-order valence-corrected chi connectivity index (χ2v) is 5.00. The highest BCUT2D eigenvalue weighted by atomic mass is 16.5. The zero-order valence-corrected chi connectivity index (χ0v) is 14.1. The van der Waals surface area contributed by atoms with Crippen molar-refractivity contribution < 1.29 is 24.3 Å². The smallest absolute Gasteiger partial charge is 0.203 e. The monoisotopic (exact) mass is 318 g/mol. The summed E-state index contributed by atoms with van der Waals surface area (Å²) in [6.07, 6.45) is 0. The first-order valence-corrected chi connectivity index (χ1v) is 7.46. The SMILES string of the molecule is COc1ccccc1C[NH2+]Cc1ccc(OC)c(OC)c1OC. The first-order valence-electron chi connectivity index (χ1n) is 7.46.